The summed E-state index contributed by atoms with van der Waals surface area (Å²) >= 11 is 1.03. The highest BCUT2D eigenvalue weighted by atomic mass is 32.2. The number of fused-ring (bicyclic) bond motifs is 1. The second-order valence-corrected chi connectivity index (χ2v) is 10.8. The Hall–Kier alpha value is -2.96. The Labute approximate surface area is 194 Å². The van der Waals surface area contributed by atoms with Gasteiger partial charge in [0.25, 0.3) is 5.91 Å². The number of furan rings is 1. The van der Waals surface area contributed by atoms with Crippen LogP contribution in [0.4, 0.5) is 0 Å². The molecule has 4 rings (SSSR count). The SMILES string of the molecule is CC(C)n1c(=O)sc2cc(S(=O)(=O)N3CCN(C(=O)CNC(=O)c4ccco4)CC3)ccc21. The minimum atomic E-state index is -3.77. The molecule has 0 atom stereocenters. The van der Waals surface area contributed by atoms with Crippen molar-refractivity contribution in [1.82, 2.24) is 19.1 Å². The van der Waals surface area contributed by atoms with Crippen molar-refractivity contribution in [2.45, 2.75) is 24.8 Å². The van der Waals surface area contributed by atoms with Crippen LogP contribution < -0.4 is 10.2 Å². The number of carbonyl (C=O) groups is 2. The molecule has 1 aliphatic heterocycles. The Bertz CT molecular complexity index is 1330. The molecule has 2 amide bonds. The van der Waals surface area contributed by atoms with Gasteiger partial charge in [-0.05, 0) is 44.2 Å². The molecule has 3 heterocycles. The first-order valence-corrected chi connectivity index (χ1v) is 12.7. The molecule has 0 spiro atoms. The van der Waals surface area contributed by atoms with Crippen LogP contribution in [-0.4, -0.2) is 66.7 Å². The Morgan fingerprint density at radius 2 is 1.88 bits per heavy atom. The van der Waals surface area contributed by atoms with Gasteiger partial charge in [0.1, 0.15) is 0 Å². The third kappa shape index (κ3) is 4.59. The van der Waals surface area contributed by atoms with E-state index in [9.17, 15) is 22.8 Å². The fourth-order valence-corrected chi connectivity index (χ4v) is 6.33. The average Bonchev–Trinajstić information content (AvgIpc) is 3.44. The molecule has 1 N–H and O–H groups in total. The van der Waals surface area contributed by atoms with Crippen molar-refractivity contribution in [3.8, 4) is 0 Å². The van der Waals surface area contributed by atoms with Crippen molar-refractivity contribution in [3.63, 3.8) is 0 Å². The van der Waals surface area contributed by atoms with Crippen LogP contribution in [0.3, 0.4) is 0 Å². The molecular formula is C21H24N4O6S2. The zero-order valence-electron chi connectivity index (χ0n) is 18.2. The lowest BCUT2D eigenvalue weighted by molar-refractivity contribution is -0.131. The molecule has 3 aromatic rings. The maximum atomic E-state index is 13.2. The van der Waals surface area contributed by atoms with Crippen LogP contribution in [0.5, 0.6) is 0 Å². The number of benzene rings is 1. The first kappa shape index (κ1) is 23.2. The van der Waals surface area contributed by atoms with E-state index in [-0.39, 0.29) is 60.2 Å². The third-order valence-electron chi connectivity index (χ3n) is 5.48. The van der Waals surface area contributed by atoms with Crippen molar-refractivity contribution >= 4 is 43.4 Å². The molecule has 1 saturated heterocycles. The lowest BCUT2D eigenvalue weighted by atomic mass is 10.3. The van der Waals surface area contributed by atoms with Gasteiger partial charge >= 0.3 is 4.87 Å². The molecule has 33 heavy (non-hydrogen) atoms. The number of hydrogen-bond donors (Lipinski definition) is 1. The molecule has 1 aliphatic rings. The van der Waals surface area contributed by atoms with E-state index in [0.29, 0.717) is 10.2 Å². The Kier molecular flexibility index (Phi) is 6.41. The van der Waals surface area contributed by atoms with Gasteiger partial charge < -0.3 is 14.6 Å². The molecule has 0 radical (unpaired) electrons. The standard InChI is InChI=1S/C21H24N4O6S2/c1-14(2)25-16-6-5-15(12-18(16)32-21(25)28)33(29,30)24-9-7-23(8-10-24)19(26)13-22-20(27)17-4-3-11-31-17/h3-6,11-12,14H,7-10,13H2,1-2H3,(H,22,27). The maximum Gasteiger partial charge on any atom is 0.308 e. The summed E-state index contributed by atoms with van der Waals surface area (Å²) in [6.07, 6.45) is 1.37. The van der Waals surface area contributed by atoms with Crippen LogP contribution in [0.1, 0.15) is 30.4 Å². The van der Waals surface area contributed by atoms with Crippen LogP contribution in [0.15, 0.2) is 50.7 Å². The molecule has 176 valence electrons. The van der Waals surface area contributed by atoms with Crippen LogP contribution in [0, 0.1) is 0 Å². The van der Waals surface area contributed by atoms with Gasteiger partial charge in [0.05, 0.1) is 27.9 Å². The zero-order chi connectivity index (χ0) is 23.8. The number of nitrogens with one attached hydrogen (secondary N) is 1. The number of carbonyl (C=O) groups excluding carboxylic acids is 2. The van der Waals surface area contributed by atoms with Crippen LogP contribution in [0.2, 0.25) is 0 Å². The fraction of sp³-hybridized carbons (Fsp3) is 0.381. The van der Waals surface area contributed by atoms with Gasteiger partial charge in [-0.15, -0.1) is 0 Å². The van der Waals surface area contributed by atoms with Gasteiger partial charge in [-0.25, -0.2) is 8.42 Å². The second-order valence-electron chi connectivity index (χ2n) is 7.91. The van der Waals surface area contributed by atoms with E-state index in [4.69, 9.17) is 4.42 Å². The molecule has 0 saturated carbocycles. The number of piperazine rings is 1. The van der Waals surface area contributed by atoms with Gasteiger partial charge in [-0.1, -0.05) is 11.3 Å². The summed E-state index contributed by atoms with van der Waals surface area (Å²) in [5.41, 5.74) is 0.714. The number of nitrogens with zero attached hydrogens (tertiary/aromatic N) is 3. The number of aromatic nitrogens is 1. The number of thiazole rings is 1. The van der Waals surface area contributed by atoms with Crippen molar-refractivity contribution in [2.24, 2.45) is 0 Å². The summed E-state index contributed by atoms with van der Waals surface area (Å²) in [4.78, 5) is 38.1. The summed E-state index contributed by atoms with van der Waals surface area (Å²) in [6, 6.07) is 7.78. The van der Waals surface area contributed by atoms with Gasteiger partial charge in [0.2, 0.25) is 15.9 Å². The topological polar surface area (TPSA) is 122 Å². The molecule has 10 nitrogen and oxygen atoms in total. The molecule has 0 unspecified atom stereocenters. The average molecular weight is 493 g/mol. The number of hydrogen-bond acceptors (Lipinski definition) is 7. The highest BCUT2D eigenvalue weighted by molar-refractivity contribution is 7.89. The van der Waals surface area contributed by atoms with Gasteiger partial charge in [0, 0.05) is 32.2 Å². The Morgan fingerprint density at radius 3 is 2.52 bits per heavy atom. The summed E-state index contributed by atoms with van der Waals surface area (Å²) < 4.78 is 34.9. The largest absolute Gasteiger partial charge is 0.459 e. The zero-order valence-corrected chi connectivity index (χ0v) is 19.8. The van der Waals surface area contributed by atoms with Crippen LogP contribution >= 0.6 is 11.3 Å². The van der Waals surface area contributed by atoms with Crippen LogP contribution in [-0.2, 0) is 14.8 Å². The first-order chi connectivity index (χ1) is 15.7. The van der Waals surface area contributed by atoms with Crippen molar-refractivity contribution in [3.05, 3.63) is 52.0 Å². The lowest BCUT2D eigenvalue weighted by Gasteiger charge is -2.34. The monoisotopic (exact) mass is 492 g/mol. The third-order valence-corrected chi connectivity index (χ3v) is 8.29. The van der Waals surface area contributed by atoms with Crippen LogP contribution in [0.25, 0.3) is 10.2 Å². The van der Waals surface area contributed by atoms with E-state index in [1.54, 1.807) is 16.7 Å². The van der Waals surface area contributed by atoms with E-state index in [1.165, 1.54) is 33.7 Å². The lowest BCUT2D eigenvalue weighted by Crippen LogP contribution is -2.52. The number of rotatable bonds is 6. The molecule has 0 bridgehead atoms. The van der Waals surface area contributed by atoms with E-state index < -0.39 is 15.9 Å². The highest BCUT2D eigenvalue weighted by Crippen LogP contribution is 2.26. The van der Waals surface area contributed by atoms with Crippen molar-refractivity contribution in [2.75, 3.05) is 32.7 Å². The van der Waals surface area contributed by atoms with E-state index in [2.05, 4.69) is 5.32 Å². The van der Waals surface area contributed by atoms with E-state index in [1.807, 2.05) is 13.8 Å². The second kappa shape index (κ2) is 9.12. The molecule has 1 fully saturated rings. The number of sulfonamides is 1. The quantitative estimate of drug-likeness (QED) is 0.557. The molecular weight excluding hydrogens is 468 g/mol. The van der Waals surface area contributed by atoms with Gasteiger partial charge in [-0.2, -0.15) is 4.31 Å². The fourth-order valence-electron chi connectivity index (χ4n) is 3.76. The van der Waals surface area contributed by atoms with Gasteiger partial charge in [0.15, 0.2) is 5.76 Å². The molecule has 0 aliphatic carbocycles. The molecule has 12 heteroatoms. The maximum absolute atomic E-state index is 13.2. The highest BCUT2D eigenvalue weighted by Gasteiger charge is 2.30. The first-order valence-electron chi connectivity index (χ1n) is 10.4. The predicted octanol–water partition coefficient (Wildman–Crippen LogP) is 1.50. The predicted molar refractivity (Wildman–Crippen MR) is 123 cm³/mol. The van der Waals surface area contributed by atoms with E-state index >= 15 is 0 Å². The van der Waals surface area contributed by atoms with E-state index in [0.717, 1.165) is 11.3 Å². The smallest absolute Gasteiger partial charge is 0.308 e. The Morgan fingerprint density at radius 1 is 1.15 bits per heavy atom. The summed E-state index contributed by atoms with van der Waals surface area (Å²) in [5, 5.41) is 2.50. The van der Waals surface area contributed by atoms with Crippen molar-refractivity contribution in [1.29, 1.82) is 0 Å². The Balaban J connectivity index is 1.40. The normalized spacial score (nSPS) is 15.3. The minimum absolute atomic E-state index is 0.0248. The van der Waals surface area contributed by atoms with Gasteiger partial charge in [-0.3, -0.25) is 19.0 Å². The summed E-state index contributed by atoms with van der Waals surface area (Å²) in [7, 11) is -3.77. The van der Waals surface area contributed by atoms with Crippen molar-refractivity contribution < 1.29 is 22.4 Å². The summed E-state index contributed by atoms with van der Waals surface area (Å²) in [5.74, 6) is -0.670. The minimum Gasteiger partial charge on any atom is -0.459 e. The molecule has 1 aromatic carbocycles. The molecule has 2 aromatic heterocycles. The summed E-state index contributed by atoms with van der Waals surface area (Å²) in [6.45, 7) is 4.32. The number of amides is 2.